The minimum Gasteiger partial charge on any atom is -0.462 e. The molecule has 0 spiro atoms. The zero-order valence-electron chi connectivity index (χ0n) is 17.4. The predicted octanol–water partition coefficient (Wildman–Crippen LogP) is 6.53. The van der Waals surface area contributed by atoms with E-state index in [1.54, 1.807) is 0 Å². The molecule has 0 radical (unpaired) electrons. The van der Waals surface area contributed by atoms with Gasteiger partial charge in [0.15, 0.2) is 0 Å². The summed E-state index contributed by atoms with van der Waals surface area (Å²) in [5, 5.41) is 1.14. The van der Waals surface area contributed by atoms with Gasteiger partial charge in [0, 0.05) is 17.1 Å². The van der Waals surface area contributed by atoms with Crippen LogP contribution in [0, 0.1) is 0 Å². The molecule has 2 aromatic heterocycles. The van der Waals surface area contributed by atoms with Crippen LogP contribution in [-0.4, -0.2) is 17.0 Å². The van der Waals surface area contributed by atoms with E-state index in [1.165, 1.54) is 0 Å². The molecule has 0 aliphatic rings. The Morgan fingerprint density at radius 3 is 2.26 bits per heavy atom. The van der Waals surface area contributed by atoms with Crippen molar-refractivity contribution in [1.82, 2.24) is 4.40 Å². The second-order valence-electron chi connectivity index (χ2n) is 7.61. The number of carbonyl (C=O) groups excluding carboxylic acids is 1. The molecular formula is C28H23NO2. The Bertz CT molecular complexity index is 1370. The van der Waals surface area contributed by atoms with E-state index < -0.39 is 0 Å². The maximum atomic E-state index is 13.3. The largest absolute Gasteiger partial charge is 0.462 e. The van der Waals surface area contributed by atoms with Gasteiger partial charge in [0.25, 0.3) is 0 Å². The van der Waals surface area contributed by atoms with Crippen molar-refractivity contribution in [3.05, 3.63) is 114 Å². The summed E-state index contributed by atoms with van der Waals surface area (Å²) in [6.07, 6.45) is 2.75. The molecular weight excluding hydrogens is 382 g/mol. The molecule has 0 aliphatic carbocycles. The normalized spacial score (nSPS) is 11.1. The lowest BCUT2D eigenvalue weighted by Gasteiger charge is -2.17. The first-order valence-electron chi connectivity index (χ1n) is 10.6. The molecule has 0 fully saturated rings. The van der Waals surface area contributed by atoms with Crippen LogP contribution in [-0.2, 0) is 11.2 Å². The first-order chi connectivity index (χ1) is 15.3. The van der Waals surface area contributed by atoms with Crippen LogP contribution in [0.5, 0.6) is 0 Å². The fourth-order valence-electron chi connectivity index (χ4n) is 4.30. The van der Waals surface area contributed by atoms with Crippen LogP contribution in [0.4, 0.5) is 0 Å². The number of ether oxygens (including phenoxy) is 1. The summed E-state index contributed by atoms with van der Waals surface area (Å²) < 4.78 is 7.75. The molecule has 0 saturated heterocycles. The van der Waals surface area contributed by atoms with Gasteiger partial charge in [-0.05, 0) is 42.2 Å². The first-order valence-corrected chi connectivity index (χ1v) is 10.6. The Morgan fingerprint density at radius 2 is 1.52 bits per heavy atom. The van der Waals surface area contributed by atoms with Gasteiger partial charge in [0.2, 0.25) is 0 Å². The van der Waals surface area contributed by atoms with Gasteiger partial charge in [-0.25, -0.2) is 4.79 Å². The summed E-state index contributed by atoms with van der Waals surface area (Å²) >= 11 is 0. The molecule has 0 amide bonds. The van der Waals surface area contributed by atoms with Gasteiger partial charge in [-0.2, -0.15) is 0 Å². The summed E-state index contributed by atoms with van der Waals surface area (Å²) in [6.45, 7) is 2.19. The van der Waals surface area contributed by atoms with Crippen molar-refractivity contribution in [2.24, 2.45) is 0 Å². The highest BCUT2D eigenvalue weighted by molar-refractivity contribution is 6.06. The van der Waals surface area contributed by atoms with E-state index in [9.17, 15) is 4.79 Å². The van der Waals surface area contributed by atoms with Crippen molar-refractivity contribution < 1.29 is 9.53 Å². The predicted molar refractivity (Wildman–Crippen MR) is 126 cm³/mol. The van der Waals surface area contributed by atoms with E-state index in [0.717, 1.165) is 38.7 Å². The number of nitrogens with zero attached hydrogens (tertiary/aromatic N) is 1. The fourth-order valence-corrected chi connectivity index (χ4v) is 4.30. The van der Waals surface area contributed by atoms with Gasteiger partial charge in [0.05, 0.1) is 23.2 Å². The van der Waals surface area contributed by atoms with Crippen molar-refractivity contribution in [1.29, 1.82) is 0 Å². The third-order valence-corrected chi connectivity index (χ3v) is 5.64. The van der Waals surface area contributed by atoms with Gasteiger partial charge >= 0.3 is 5.97 Å². The van der Waals surface area contributed by atoms with Crippen LogP contribution in [0.25, 0.3) is 27.5 Å². The monoisotopic (exact) mass is 405 g/mol. The summed E-state index contributed by atoms with van der Waals surface area (Å²) in [6, 6.07) is 30.9. The smallest absolute Gasteiger partial charge is 0.339 e. The molecule has 0 saturated carbocycles. The molecule has 3 nitrogen and oxygen atoms in total. The number of esters is 1. The van der Waals surface area contributed by atoms with Crippen LogP contribution in [0.1, 0.15) is 28.4 Å². The summed E-state index contributed by atoms with van der Waals surface area (Å²) in [5.74, 6) is -0.278. The van der Waals surface area contributed by atoms with Gasteiger partial charge in [-0.3, -0.25) is 0 Å². The zero-order valence-corrected chi connectivity index (χ0v) is 17.4. The molecule has 0 bridgehead atoms. The average molecular weight is 405 g/mol. The summed E-state index contributed by atoms with van der Waals surface area (Å²) in [5.41, 5.74) is 6.82. The second kappa shape index (κ2) is 8.11. The average Bonchev–Trinajstić information content (AvgIpc) is 3.18. The molecule has 5 aromatic rings. The van der Waals surface area contributed by atoms with Crippen molar-refractivity contribution >= 4 is 22.4 Å². The van der Waals surface area contributed by atoms with Gasteiger partial charge < -0.3 is 9.14 Å². The lowest BCUT2D eigenvalue weighted by Crippen LogP contribution is -2.12. The van der Waals surface area contributed by atoms with Crippen LogP contribution in [0.2, 0.25) is 0 Å². The molecule has 31 heavy (non-hydrogen) atoms. The van der Waals surface area contributed by atoms with Gasteiger partial charge in [-0.1, -0.05) is 78.9 Å². The zero-order chi connectivity index (χ0) is 21.2. The number of aromatic nitrogens is 1. The van der Waals surface area contributed by atoms with Crippen molar-refractivity contribution in [3.63, 3.8) is 0 Å². The molecule has 152 valence electrons. The second-order valence-corrected chi connectivity index (χ2v) is 7.61. The maximum Gasteiger partial charge on any atom is 0.339 e. The van der Waals surface area contributed by atoms with E-state index in [1.807, 2.05) is 55.5 Å². The topological polar surface area (TPSA) is 30.7 Å². The lowest BCUT2D eigenvalue weighted by molar-refractivity contribution is 0.0526. The highest BCUT2D eigenvalue weighted by Crippen LogP contribution is 2.36. The molecule has 3 heteroatoms. The molecule has 0 unspecified atom stereocenters. The Labute approximate surface area is 181 Å². The number of hydrogen-bond donors (Lipinski definition) is 0. The molecule has 0 N–H and O–H groups in total. The van der Waals surface area contributed by atoms with E-state index in [4.69, 9.17) is 4.74 Å². The van der Waals surface area contributed by atoms with E-state index in [-0.39, 0.29) is 5.97 Å². The third kappa shape index (κ3) is 3.49. The van der Waals surface area contributed by atoms with Crippen molar-refractivity contribution in [3.8, 4) is 11.1 Å². The lowest BCUT2D eigenvalue weighted by atomic mass is 9.93. The molecule has 0 aliphatic heterocycles. The summed E-state index contributed by atoms with van der Waals surface area (Å²) in [7, 11) is 0. The molecule has 3 aromatic carbocycles. The number of carbonyl (C=O) groups is 1. The Hall–Kier alpha value is -3.85. The SMILES string of the molecule is CCOC(=O)c1c(Cc2ccccc2)cn2c(cc3ccccc32)c1-c1ccccc1. The Balaban J connectivity index is 1.88. The van der Waals surface area contributed by atoms with E-state index in [2.05, 4.69) is 53.1 Å². The van der Waals surface area contributed by atoms with Crippen LogP contribution >= 0.6 is 0 Å². The Morgan fingerprint density at radius 1 is 0.839 bits per heavy atom. The van der Waals surface area contributed by atoms with Crippen molar-refractivity contribution in [2.45, 2.75) is 13.3 Å². The third-order valence-electron chi connectivity index (χ3n) is 5.64. The number of benzene rings is 3. The van der Waals surface area contributed by atoms with Crippen LogP contribution < -0.4 is 0 Å². The van der Waals surface area contributed by atoms with Crippen molar-refractivity contribution in [2.75, 3.05) is 6.61 Å². The fraction of sp³-hybridized carbons (Fsp3) is 0.107. The van der Waals surface area contributed by atoms with E-state index >= 15 is 0 Å². The van der Waals surface area contributed by atoms with Gasteiger partial charge in [-0.15, -0.1) is 0 Å². The number of para-hydroxylation sites is 1. The van der Waals surface area contributed by atoms with Crippen LogP contribution in [0.15, 0.2) is 97.2 Å². The highest BCUT2D eigenvalue weighted by Gasteiger charge is 2.23. The minimum atomic E-state index is -0.278. The minimum absolute atomic E-state index is 0.278. The number of hydrogen-bond acceptors (Lipinski definition) is 2. The summed E-state index contributed by atoms with van der Waals surface area (Å²) in [4.78, 5) is 13.3. The standard InChI is InChI=1S/C28H23NO2/c1-2-31-28(30)27-23(17-20-11-5-3-6-12-20)19-29-24-16-10-9-15-22(24)18-25(29)26(27)21-13-7-4-8-14-21/h3-16,18-19H,2,17H2,1H3. The van der Waals surface area contributed by atoms with Crippen LogP contribution in [0.3, 0.4) is 0 Å². The molecule has 0 atom stereocenters. The Kier molecular flexibility index (Phi) is 5.01. The quantitative estimate of drug-likeness (QED) is 0.311. The number of pyridine rings is 1. The number of fused-ring (bicyclic) bond motifs is 3. The molecule has 2 heterocycles. The number of rotatable bonds is 5. The molecule has 5 rings (SSSR count). The highest BCUT2D eigenvalue weighted by atomic mass is 16.5. The first kappa shape index (κ1) is 19.1. The maximum absolute atomic E-state index is 13.3. The van der Waals surface area contributed by atoms with E-state index in [0.29, 0.717) is 18.6 Å². The van der Waals surface area contributed by atoms with Gasteiger partial charge in [0.1, 0.15) is 0 Å².